The van der Waals surface area contributed by atoms with Gasteiger partial charge in [0.25, 0.3) is 0 Å². The molecule has 4 heteroatoms. The van der Waals surface area contributed by atoms with E-state index in [0.29, 0.717) is 22.4 Å². The van der Waals surface area contributed by atoms with E-state index in [0.717, 1.165) is 5.75 Å². The molecular weight excluding hydrogens is 299 g/mol. The predicted octanol–water partition coefficient (Wildman–Crippen LogP) is 5.47. The molecule has 0 spiro atoms. The predicted molar refractivity (Wildman–Crippen MR) is 83.9 cm³/mol. The van der Waals surface area contributed by atoms with Crippen molar-refractivity contribution in [2.45, 2.75) is 11.8 Å². The molecule has 0 aromatic heterocycles. The van der Waals surface area contributed by atoms with Gasteiger partial charge in [-0.15, -0.1) is 11.8 Å². The molecule has 0 saturated carbocycles. The molecule has 0 aliphatic rings. The van der Waals surface area contributed by atoms with Crippen LogP contribution in [-0.4, -0.2) is 12.4 Å². The molecule has 0 bridgehead atoms. The Hall–Kier alpha value is -0.830. The molecule has 2 aromatic carbocycles. The number of ether oxygens (including phenoxy) is 1. The first-order valence-corrected chi connectivity index (χ1v) is 7.66. The summed E-state index contributed by atoms with van der Waals surface area (Å²) in [5, 5.41) is 1.17. The molecule has 0 fully saturated rings. The minimum absolute atomic E-state index is 0.549. The van der Waals surface area contributed by atoms with E-state index in [1.54, 1.807) is 30.0 Å². The fourth-order valence-electron chi connectivity index (χ4n) is 1.54. The molecule has 0 radical (unpaired) electrons. The number of hydrogen-bond donors (Lipinski definition) is 0. The van der Waals surface area contributed by atoms with Gasteiger partial charge in [-0.2, -0.15) is 0 Å². The van der Waals surface area contributed by atoms with Crippen molar-refractivity contribution in [3.8, 4) is 5.75 Å². The van der Waals surface area contributed by atoms with Gasteiger partial charge in [0.2, 0.25) is 0 Å². The highest BCUT2D eigenvalue weighted by atomic mass is 35.5. The maximum atomic E-state index is 6.03. The summed E-state index contributed by atoms with van der Waals surface area (Å²) in [4.78, 5) is 1.25. The van der Waals surface area contributed by atoms with E-state index in [1.807, 2.05) is 0 Å². The molecular formula is C15H14Cl2OS. The van der Waals surface area contributed by atoms with E-state index >= 15 is 0 Å². The Kier molecular flexibility index (Phi) is 5.44. The van der Waals surface area contributed by atoms with Crippen LogP contribution in [0.15, 0.2) is 47.4 Å². The summed E-state index contributed by atoms with van der Waals surface area (Å²) < 4.78 is 5.63. The molecule has 2 aromatic rings. The van der Waals surface area contributed by atoms with Crippen molar-refractivity contribution in [3.05, 3.63) is 58.1 Å². The molecule has 0 aliphatic heterocycles. The van der Waals surface area contributed by atoms with Crippen molar-refractivity contribution in [1.29, 1.82) is 0 Å². The fraction of sp³-hybridized carbons (Fsp3) is 0.200. The van der Waals surface area contributed by atoms with Crippen LogP contribution in [0.1, 0.15) is 5.56 Å². The standard InChI is InChI=1S/C15H14Cl2OS/c1-11-2-5-13(6-3-11)19-9-8-18-15-7-4-12(16)10-14(15)17/h2-7,10H,8-9H2,1H3. The van der Waals surface area contributed by atoms with Crippen LogP contribution < -0.4 is 4.74 Å². The van der Waals surface area contributed by atoms with Crippen molar-refractivity contribution < 1.29 is 4.74 Å². The smallest absolute Gasteiger partial charge is 0.138 e. The number of hydrogen-bond acceptors (Lipinski definition) is 2. The van der Waals surface area contributed by atoms with E-state index in [2.05, 4.69) is 31.2 Å². The Bertz CT molecular complexity index is 540. The summed E-state index contributed by atoms with van der Waals surface area (Å²) in [6, 6.07) is 13.7. The first kappa shape index (κ1) is 14.6. The second kappa shape index (κ2) is 7.09. The zero-order valence-corrected chi connectivity index (χ0v) is 12.9. The Labute approximate surface area is 127 Å². The van der Waals surface area contributed by atoms with Crippen LogP contribution in [0.2, 0.25) is 10.0 Å². The van der Waals surface area contributed by atoms with Gasteiger partial charge in [0.15, 0.2) is 0 Å². The molecule has 0 atom stereocenters. The lowest BCUT2D eigenvalue weighted by Crippen LogP contribution is -2.00. The van der Waals surface area contributed by atoms with Crippen LogP contribution in [0.4, 0.5) is 0 Å². The van der Waals surface area contributed by atoms with E-state index in [4.69, 9.17) is 27.9 Å². The second-order valence-corrected chi connectivity index (χ2v) is 6.10. The summed E-state index contributed by atoms with van der Waals surface area (Å²) in [6.45, 7) is 2.69. The molecule has 2 rings (SSSR count). The highest BCUT2D eigenvalue weighted by molar-refractivity contribution is 7.99. The maximum Gasteiger partial charge on any atom is 0.138 e. The fourth-order valence-corrected chi connectivity index (χ4v) is 2.73. The molecule has 19 heavy (non-hydrogen) atoms. The van der Waals surface area contributed by atoms with Gasteiger partial charge in [-0.05, 0) is 37.3 Å². The van der Waals surface area contributed by atoms with Gasteiger partial charge in [0.05, 0.1) is 11.6 Å². The van der Waals surface area contributed by atoms with Crippen molar-refractivity contribution >= 4 is 35.0 Å². The lowest BCUT2D eigenvalue weighted by Gasteiger charge is -2.08. The number of rotatable bonds is 5. The van der Waals surface area contributed by atoms with Gasteiger partial charge >= 0.3 is 0 Å². The van der Waals surface area contributed by atoms with Gasteiger partial charge < -0.3 is 4.74 Å². The molecule has 0 saturated heterocycles. The summed E-state index contributed by atoms with van der Waals surface area (Å²) in [7, 11) is 0. The van der Waals surface area contributed by atoms with Crippen molar-refractivity contribution in [3.63, 3.8) is 0 Å². The van der Waals surface area contributed by atoms with E-state index in [9.17, 15) is 0 Å². The highest BCUT2D eigenvalue weighted by Gasteiger charge is 2.02. The maximum absolute atomic E-state index is 6.03. The van der Waals surface area contributed by atoms with Crippen molar-refractivity contribution in [1.82, 2.24) is 0 Å². The SMILES string of the molecule is Cc1ccc(SCCOc2ccc(Cl)cc2Cl)cc1. The first-order valence-electron chi connectivity index (χ1n) is 5.92. The lowest BCUT2D eigenvalue weighted by atomic mass is 10.2. The number of benzene rings is 2. The zero-order chi connectivity index (χ0) is 13.7. The van der Waals surface area contributed by atoms with Gasteiger partial charge in [-0.25, -0.2) is 0 Å². The van der Waals surface area contributed by atoms with Gasteiger partial charge in [-0.1, -0.05) is 40.9 Å². The molecule has 100 valence electrons. The van der Waals surface area contributed by atoms with Crippen LogP contribution in [0.5, 0.6) is 5.75 Å². The molecule has 0 amide bonds. The Morgan fingerprint density at radius 3 is 2.47 bits per heavy atom. The van der Waals surface area contributed by atoms with Gasteiger partial charge in [0, 0.05) is 15.7 Å². The van der Waals surface area contributed by atoms with E-state index in [1.165, 1.54) is 10.5 Å². The van der Waals surface area contributed by atoms with Crippen LogP contribution in [0.25, 0.3) is 0 Å². The Morgan fingerprint density at radius 1 is 1.05 bits per heavy atom. The number of halogens is 2. The van der Waals surface area contributed by atoms with E-state index in [-0.39, 0.29) is 0 Å². The molecule has 0 unspecified atom stereocenters. The van der Waals surface area contributed by atoms with Crippen LogP contribution in [-0.2, 0) is 0 Å². The van der Waals surface area contributed by atoms with Crippen LogP contribution in [0, 0.1) is 6.92 Å². The normalized spacial score (nSPS) is 10.5. The Morgan fingerprint density at radius 2 is 1.79 bits per heavy atom. The highest BCUT2D eigenvalue weighted by Crippen LogP contribution is 2.28. The zero-order valence-electron chi connectivity index (χ0n) is 10.5. The lowest BCUT2D eigenvalue weighted by molar-refractivity contribution is 0.344. The quantitative estimate of drug-likeness (QED) is 0.534. The minimum atomic E-state index is 0.549. The summed E-state index contributed by atoms with van der Waals surface area (Å²) in [6.07, 6.45) is 0. The second-order valence-electron chi connectivity index (χ2n) is 4.08. The van der Waals surface area contributed by atoms with Gasteiger partial charge in [0.1, 0.15) is 5.75 Å². The van der Waals surface area contributed by atoms with Gasteiger partial charge in [-0.3, -0.25) is 0 Å². The third-order valence-electron chi connectivity index (χ3n) is 2.52. The Balaban J connectivity index is 1.79. The third-order valence-corrected chi connectivity index (χ3v) is 4.03. The molecule has 0 aliphatic carbocycles. The number of thioether (sulfide) groups is 1. The molecule has 0 N–H and O–H groups in total. The monoisotopic (exact) mass is 312 g/mol. The van der Waals surface area contributed by atoms with Crippen molar-refractivity contribution in [2.24, 2.45) is 0 Å². The molecule has 1 nitrogen and oxygen atoms in total. The minimum Gasteiger partial charge on any atom is -0.491 e. The third kappa shape index (κ3) is 4.64. The van der Waals surface area contributed by atoms with Crippen molar-refractivity contribution in [2.75, 3.05) is 12.4 Å². The number of aryl methyl sites for hydroxylation is 1. The average molecular weight is 313 g/mol. The van der Waals surface area contributed by atoms with E-state index < -0.39 is 0 Å². The summed E-state index contributed by atoms with van der Waals surface area (Å²) in [5.41, 5.74) is 1.27. The molecule has 0 heterocycles. The van der Waals surface area contributed by atoms with Crippen LogP contribution in [0.3, 0.4) is 0 Å². The van der Waals surface area contributed by atoms with Crippen LogP contribution >= 0.6 is 35.0 Å². The summed E-state index contributed by atoms with van der Waals surface area (Å²) in [5.74, 6) is 1.55. The topological polar surface area (TPSA) is 9.23 Å². The first-order chi connectivity index (χ1) is 9.15. The average Bonchev–Trinajstić information content (AvgIpc) is 2.39. The summed E-state index contributed by atoms with van der Waals surface area (Å²) >= 11 is 13.6. The largest absolute Gasteiger partial charge is 0.491 e.